The van der Waals surface area contributed by atoms with E-state index in [2.05, 4.69) is 10.3 Å². The van der Waals surface area contributed by atoms with E-state index in [0.29, 0.717) is 24.7 Å². The SMILES string of the molecule is CS(=O)(=O)Nc1c(F)cc(CCNC(=O)c2coc(-c3cc(C(F)(F)F)cc(C(F)(F)F)c3)n2)cc1F. The predicted molar refractivity (Wildman–Crippen MR) is 113 cm³/mol. The molecule has 1 amide bonds. The van der Waals surface area contributed by atoms with Crippen LogP contribution in [0.2, 0.25) is 0 Å². The molecule has 0 spiro atoms. The van der Waals surface area contributed by atoms with Gasteiger partial charge in [-0.2, -0.15) is 26.3 Å². The summed E-state index contributed by atoms with van der Waals surface area (Å²) in [7, 11) is -3.95. The number of nitrogens with zero attached hydrogens (tertiary/aromatic N) is 1. The van der Waals surface area contributed by atoms with E-state index in [1.807, 2.05) is 0 Å². The van der Waals surface area contributed by atoms with Crippen molar-refractivity contribution in [1.29, 1.82) is 0 Å². The molecule has 2 aromatic carbocycles. The number of alkyl halides is 6. The summed E-state index contributed by atoms with van der Waals surface area (Å²) in [5.74, 6) is -4.02. The summed E-state index contributed by atoms with van der Waals surface area (Å²) in [5.41, 5.74) is -5.19. The van der Waals surface area contributed by atoms with Gasteiger partial charge in [-0.15, -0.1) is 0 Å². The number of anilines is 1. The van der Waals surface area contributed by atoms with Crippen LogP contribution in [0.4, 0.5) is 40.8 Å². The van der Waals surface area contributed by atoms with Gasteiger partial charge in [0.1, 0.15) is 12.0 Å². The third-order valence-electron chi connectivity index (χ3n) is 4.66. The van der Waals surface area contributed by atoms with E-state index >= 15 is 0 Å². The molecule has 0 unspecified atom stereocenters. The van der Waals surface area contributed by atoms with Crippen LogP contribution in [0.15, 0.2) is 41.0 Å². The molecule has 2 N–H and O–H groups in total. The number of aromatic nitrogens is 1. The highest BCUT2D eigenvalue weighted by molar-refractivity contribution is 7.92. The lowest BCUT2D eigenvalue weighted by Crippen LogP contribution is -2.26. The summed E-state index contributed by atoms with van der Waals surface area (Å²) < 4.78 is 135. The zero-order valence-electron chi connectivity index (χ0n) is 18.4. The number of rotatable bonds is 7. The van der Waals surface area contributed by atoms with Gasteiger partial charge in [0.15, 0.2) is 17.3 Å². The lowest BCUT2D eigenvalue weighted by atomic mass is 10.0. The van der Waals surface area contributed by atoms with Gasteiger partial charge in [-0.05, 0) is 42.3 Å². The van der Waals surface area contributed by atoms with Crippen LogP contribution in [0.3, 0.4) is 0 Å². The van der Waals surface area contributed by atoms with Crippen molar-refractivity contribution in [3.8, 4) is 11.5 Å². The number of hydrogen-bond acceptors (Lipinski definition) is 5. The van der Waals surface area contributed by atoms with E-state index in [0.717, 1.165) is 12.1 Å². The lowest BCUT2D eigenvalue weighted by Gasteiger charge is -2.13. The Morgan fingerprint density at radius 3 is 1.97 bits per heavy atom. The van der Waals surface area contributed by atoms with Crippen LogP contribution in [-0.4, -0.2) is 32.1 Å². The highest BCUT2D eigenvalue weighted by Gasteiger charge is 2.37. The van der Waals surface area contributed by atoms with Crippen molar-refractivity contribution in [1.82, 2.24) is 10.3 Å². The molecule has 0 atom stereocenters. The Morgan fingerprint density at radius 1 is 0.946 bits per heavy atom. The molecule has 0 radical (unpaired) electrons. The van der Waals surface area contributed by atoms with Gasteiger partial charge in [0.05, 0.1) is 17.4 Å². The van der Waals surface area contributed by atoms with Crippen LogP contribution >= 0.6 is 0 Å². The maximum absolute atomic E-state index is 14.0. The third-order valence-corrected chi connectivity index (χ3v) is 5.23. The molecule has 0 saturated carbocycles. The Morgan fingerprint density at radius 2 is 1.49 bits per heavy atom. The quantitative estimate of drug-likeness (QED) is 0.399. The fourth-order valence-electron chi connectivity index (χ4n) is 3.05. The molecule has 1 heterocycles. The van der Waals surface area contributed by atoms with Gasteiger partial charge < -0.3 is 9.73 Å². The van der Waals surface area contributed by atoms with Gasteiger partial charge in [0, 0.05) is 12.1 Å². The molecule has 1 aromatic heterocycles. The first-order valence-electron chi connectivity index (χ1n) is 9.93. The minimum atomic E-state index is -5.10. The van der Waals surface area contributed by atoms with Crippen LogP contribution in [0.1, 0.15) is 27.2 Å². The molecule has 37 heavy (non-hydrogen) atoms. The first-order valence-corrected chi connectivity index (χ1v) is 11.8. The number of sulfonamides is 1. The molecule has 7 nitrogen and oxygen atoms in total. The van der Waals surface area contributed by atoms with Gasteiger partial charge in [-0.1, -0.05) is 0 Å². The number of amides is 1. The molecule has 0 aliphatic heterocycles. The number of hydrogen-bond donors (Lipinski definition) is 2. The van der Waals surface area contributed by atoms with Crippen molar-refractivity contribution in [2.75, 3.05) is 17.5 Å². The van der Waals surface area contributed by atoms with Gasteiger partial charge in [0.2, 0.25) is 15.9 Å². The zero-order chi connectivity index (χ0) is 27.8. The predicted octanol–water partition coefficient (Wildman–Crippen LogP) is 5.00. The first kappa shape index (κ1) is 27.9. The Kier molecular flexibility index (Phi) is 7.53. The van der Waals surface area contributed by atoms with E-state index < -0.39 is 73.9 Å². The van der Waals surface area contributed by atoms with Crippen LogP contribution in [-0.2, 0) is 28.8 Å². The Balaban J connectivity index is 1.72. The van der Waals surface area contributed by atoms with E-state index in [1.165, 1.54) is 0 Å². The average Bonchev–Trinajstić information content (AvgIpc) is 3.25. The molecule has 16 heteroatoms. The van der Waals surface area contributed by atoms with Crippen molar-refractivity contribution < 1.29 is 52.8 Å². The number of halogens is 8. The van der Waals surface area contributed by atoms with Gasteiger partial charge in [0.25, 0.3) is 5.91 Å². The molecule has 0 fully saturated rings. The Hall–Kier alpha value is -3.69. The second-order valence-corrected chi connectivity index (χ2v) is 9.40. The highest BCUT2D eigenvalue weighted by Crippen LogP contribution is 2.38. The molecular formula is C21H15F8N3O4S. The topological polar surface area (TPSA) is 101 Å². The fraction of sp³-hybridized carbons (Fsp3) is 0.238. The average molecular weight is 557 g/mol. The van der Waals surface area contributed by atoms with Gasteiger partial charge in [-0.3, -0.25) is 9.52 Å². The Labute approximate surface area is 203 Å². The number of benzene rings is 2. The molecule has 3 aromatic rings. The summed E-state index contributed by atoms with van der Waals surface area (Å²) in [5, 5.41) is 2.30. The molecule has 0 aliphatic rings. The standard InChI is InChI=1S/C21H15F8N3O4S/c1-37(34,35)32-17-14(22)4-10(5-15(17)23)2-3-30-18(33)16-9-36-19(31-16)11-6-12(20(24,25)26)8-13(7-11)21(27,28)29/h4-9,32H,2-3H2,1H3,(H,30,33). The number of carbonyl (C=O) groups excluding carboxylic acids is 1. The van der Waals surface area contributed by atoms with E-state index in [1.54, 1.807) is 4.72 Å². The number of oxazole rings is 1. The molecule has 200 valence electrons. The summed E-state index contributed by atoms with van der Waals surface area (Å²) in [6.07, 6.45) is -8.91. The van der Waals surface area contributed by atoms with Crippen molar-refractivity contribution in [2.24, 2.45) is 0 Å². The van der Waals surface area contributed by atoms with Crippen molar-refractivity contribution in [3.63, 3.8) is 0 Å². The minimum absolute atomic E-state index is 0.0406. The monoisotopic (exact) mass is 557 g/mol. The van der Waals surface area contributed by atoms with Crippen molar-refractivity contribution in [2.45, 2.75) is 18.8 Å². The third kappa shape index (κ3) is 7.18. The normalized spacial score (nSPS) is 12.5. The van der Waals surface area contributed by atoms with Gasteiger partial charge in [-0.25, -0.2) is 22.2 Å². The lowest BCUT2D eigenvalue weighted by molar-refractivity contribution is -0.143. The van der Waals surface area contributed by atoms with E-state index in [-0.39, 0.29) is 24.6 Å². The largest absolute Gasteiger partial charge is 0.444 e. The number of carbonyl (C=O) groups is 1. The molecule has 3 rings (SSSR count). The minimum Gasteiger partial charge on any atom is -0.444 e. The maximum Gasteiger partial charge on any atom is 0.416 e. The summed E-state index contributed by atoms with van der Waals surface area (Å²) in [4.78, 5) is 15.9. The number of nitrogens with one attached hydrogen (secondary N) is 2. The summed E-state index contributed by atoms with van der Waals surface area (Å²) >= 11 is 0. The molecule has 0 saturated heterocycles. The highest BCUT2D eigenvalue weighted by atomic mass is 32.2. The molecular weight excluding hydrogens is 542 g/mol. The smallest absolute Gasteiger partial charge is 0.416 e. The Bertz CT molecular complexity index is 1380. The first-order chi connectivity index (χ1) is 16.9. The summed E-state index contributed by atoms with van der Waals surface area (Å²) in [6.45, 7) is -0.222. The second kappa shape index (κ2) is 9.99. The van der Waals surface area contributed by atoms with Crippen molar-refractivity contribution >= 4 is 21.6 Å². The fourth-order valence-corrected chi connectivity index (χ4v) is 3.62. The molecule has 0 aliphatic carbocycles. The van der Waals surface area contributed by atoms with Crippen LogP contribution in [0.25, 0.3) is 11.5 Å². The van der Waals surface area contributed by atoms with Gasteiger partial charge >= 0.3 is 12.4 Å². The zero-order valence-corrected chi connectivity index (χ0v) is 19.2. The van der Waals surface area contributed by atoms with Crippen LogP contribution in [0, 0.1) is 11.6 Å². The van der Waals surface area contributed by atoms with Crippen LogP contribution < -0.4 is 10.0 Å². The van der Waals surface area contributed by atoms with Crippen LogP contribution in [0.5, 0.6) is 0 Å². The van der Waals surface area contributed by atoms with Crippen molar-refractivity contribution in [3.05, 3.63) is 70.6 Å². The van der Waals surface area contributed by atoms with E-state index in [9.17, 15) is 48.3 Å². The molecule has 0 bridgehead atoms. The summed E-state index contributed by atoms with van der Waals surface area (Å²) in [6, 6.07) is 2.36. The second-order valence-electron chi connectivity index (χ2n) is 7.65. The van der Waals surface area contributed by atoms with E-state index in [4.69, 9.17) is 4.42 Å². The maximum atomic E-state index is 14.0.